The second-order valence-electron chi connectivity index (χ2n) is 4.48. The summed E-state index contributed by atoms with van der Waals surface area (Å²) >= 11 is 0. The van der Waals surface area contributed by atoms with Crippen molar-refractivity contribution in [3.8, 4) is 0 Å². The van der Waals surface area contributed by atoms with Gasteiger partial charge in [-0.3, -0.25) is 4.79 Å². The van der Waals surface area contributed by atoms with Gasteiger partial charge in [-0.25, -0.2) is 9.50 Å². The molecule has 102 valence electrons. The first-order valence-corrected chi connectivity index (χ1v) is 6.42. The monoisotopic (exact) mass is 262 g/mol. The van der Waals surface area contributed by atoms with Crippen LogP contribution in [0.15, 0.2) is 12.1 Å². The predicted molar refractivity (Wildman–Crippen MR) is 72.5 cm³/mol. The van der Waals surface area contributed by atoms with Gasteiger partial charge in [0.15, 0.2) is 5.65 Å². The minimum atomic E-state index is -0.879. The molecule has 19 heavy (non-hydrogen) atoms. The van der Waals surface area contributed by atoms with Crippen LogP contribution in [0.25, 0.3) is 5.65 Å². The van der Waals surface area contributed by atoms with E-state index in [1.165, 1.54) is 0 Å². The molecule has 2 heterocycles. The van der Waals surface area contributed by atoms with Crippen molar-refractivity contribution in [1.82, 2.24) is 14.6 Å². The number of aliphatic carboxylic acids is 1. The van der Waals surface area contributed by atoms with Gasteiger partial charge in [-0.2, -0.15) is 0 Å². The van der Waals surface area contributed by atoms with Gasteiger partial charge in [0.2, 0.25) is 0 Å². The number of carbonyl (C=O) groups is 1. The standard InChI is InChI=1S/C13H18N4O2/c1-3-4-7-14-11-5-6-12-15-9(2)10(8-13(18)19)17(12)16-11/h5-6H,3-4,7-8H2,1-2H3,(H,14,16)(H,18,19). The fraction of sp³-hybridized carbons (Fsp3) is 0.462. The third kappa shape index (κ3) is 3.01. The second-order valence-corrected chi connectivity index (χ2v) is 4.48. The zero-order valence-electron chi connectivity index (χ0n) is 11.2. The predicted octanol–water partition coefficient (Wildman–Crippen LogP) is 1.88. The first-order chi connectivity index (χ1) is 9.11. The van der Waals surface area contributed by atoms with Gasteiger partial charge in [0.25, 0.3) is 0 Å². The van der Waals surface area contributed by atoms with Gasteiger partial charge in [0.05, 0.1) is 17.8 Å². The molecule has 0 saturated heterocycles. The number of nitrogens with one attached hydrogen (secondary N) is 1. The fourth-order valence-electron chi connectivity index (χ4n) is 1.92. The van der Waals surface area contributed by atoms with Crippen LogP contribution in [-0.2, 0) is 11.2 Å². The van der Waals surface area contributed by atoms with Crippen molar-refractivity contribution >= 4 is 17.4 Å². The molecule has 0 aliphatic carbocycles. The Kier molecular flexibility index (Phi) is 3.99. The highest BCUT2D eigenvalue weighted by Crippen LogP contribution is 2.14. The van der Waals surface area contributed by atoms with Gasteiger partial charge in [-0.05, 0) is 25.5 Å². The van der Waals surface area contributed by atoms with Gasteiger partial charge in [0, 0.05) is 6.54 Å². The van der Waals surface area contributed by atoms with E-state index >= 15 is 0 Å². The Hall–Kier alpha value is -2.11. The van der Waals surface area contributed by atoms with E-state index in [0.29, 0.717) is 17.0 Å². The van der Waals surface area contributed by atoms with E-state index in [2.05, 4.69) is 22.3 Å². The number of carboxylic acids is 1. The average Bonchev–Trinajstić information content (AvgIpc) is 2.66. The average molecular weight is 262 g/mol. The zero-order valence-corrected chi connectivity index (χ0v) is 11.2. The van der Waals surface area contributed by atoms with Crippen LogP contribution >= 0.6 is 0 Å². The van der Waals surface area contributed by atoms with Crippen LogP contribution in [0.1, 0.15) is 31.2 Å². The van der Waals surface area contributed by atoms with Crippen molar-refractivity contribution in [2.24, 2.45) is 0 Å². The number of aryl methyl sites for hydroxylation is 1. The molecule has 2 aromatic heterocycles. The Morgan fingerprint density at radius 2 is 2.26 bits per heavy atom. The summed E-state index contributed by atoms with van der Waals surface area (Å²) in [6.07, 6.45) is 2.12. The Morgan fingerprint density at radius 1 is 1.47 bits per heavy atom. The van der Waals surface area contributed by atoms with Crippen molar-refractivity contribution in [2.75, 3.05) is 11.9 Å². The number of aromatic nitrogens is 3. The molecule has 6 nitrogen and oxygen atoms in total. The van der Waals surface area contributed by atoms with Crippen LogP contribution in [0, 0.1) is 6.92 Å². The molecule has 0 aliphatic rings. The molecular formula is C13H18N4O2. The normalized spacial score (nSPS) is 10.8. The molecule has 0 amide bonds. The topological polar surface area (TPSA) is 79.5 Å². The van der Waals surface area contributed by atoms with Gasteiger partial charge in [-0.15, -0.1) is 5.10 Å². The largest absolute Gasteiger partial charge is 0.481 e. The molecule has 2 aromatic rings. The van der Waals surface area contributed by atoms with Crippen molar-refractivity contribution in [1.29, 1.82) is 0 Å². The molecule has 0 saturated carbocycles. The number of hydrogen-bond donors (Lipinski definition) is 2. The fourth-order valence-corrected chi connectivity index (χ4v) is 1.92. The Morgan fingerprint density at radius 3 is 2.95 bits per heavy atom. The third-order valence-electron chi connectivity index (χ3n) is 2.93. The number of unbranched alkanes of at least 4 members (excludes halogenated alkanes) is 1. The number of rotatable bonds is 6. The third-order valence-corrected chi connectivity index (χ3v) is 2.93. The molecule has 0 fully saturated rings. The Labute approximate surface area is 111 Å². The lowest BCUT2D eigenvalue weighted by Gasteiger charge is -2.05. The summed E-state index contributed by atoms with van der Waals surface area (Å²) in [7, 11) is 0. The van der Waals surface area contributed by atoms with E-state index in [-0.39, 0.29) is 6.42 Å². The van der Waals surface area contributed by atoms with Crippen molar-refractivity contribution in [3.05, 3.63) is 23.5 Å². The first-order valence-electron chi connectivity index (χ1n) is 6.42. The van der Waals surface area contributed by atoms with Crippen LogP contribution in [0.2, 0.25) is 0 Å². The summed E-state index contributed by atoms with van der Waals surface area (Å²) in [6, 6.07) is 3.71. The molecule has 0 aromatic carbocycles. The van der Waals surface area contributed by atoms with E-state index in [4.69, 9.17) is 5.11 Å². The van der Waals surface area contributed by atoms with E-state index in [0.717, 1.165) is 25.2 Å². The number of carboxylic acid groups (broad SMARTS) is 1. The summed E-state index contributed by atoms with van der Waals surface area (Å²) < 4.78 is 1.61. The highest BCUT2D eigenvalue weighted by molar-refractivity contribution is 5.70. The highest BCUT2D eigenvalue weighted by Gasteiger charge is 2.13. The number of imidazole rings is 1. The zero-order chi connectivity index (χ0) is 13.8. The first kappa shape index (κ1) is 13.3. The number of anilines is 1. The van der Waals surface area contributed by atoms with Crippen LogP contribution in [-0.4, -0.2) is 32.2 Å². The van der Waals surface area contributed by atoms with E-state index < -0.39 is 5.97 Å². The van der Waals surface area contributed by atoms with Gasteiger partial charge in [-0.1, -0.05) is 13.3 Å². The van der Waals surface area contributed by atoms with E-state index in [1.807, 2.05) is 12.1 Å². The van der Waals surface area contributed by atoms with Gasteiger partial charge < -0.3 is 10.4 Å². The summed E-state index contributed by atoms with van der Waals surface area (Å²) in [5.41, 5.74) is 2.01. The van der Waals surface area contributed by atoms with Crippen molar-refractivity contribution in [3.63, 3.8) is 0 Å². The molecule has 0 atom stereocenters. The van der Waals surface area contributed by atoms with Gasteiger partial charge in [0.1, 0.15) is 5.82 Å². The summed E-state index contributed by atoms with van der Waals surface area (Å²) in [5.74, 6) is -0.138. The van der Waals surface area contributed by atoms with Crippen LogP contribution < -0.4 is 5.32 Å². The van der Waals surface area contributed by atoms with E-state index in [9.17, 15) is 4.79 Å². The van der Waals surface area contributed by atoms with Crippen LogP contribution in [0.3, 0.4) is 0 Å². The quantitative estimate of drug-likeness (QED) is 0.777. The molecule has 0 aliphatic heterocycles. The van der Waals surface area contributed by atoms with Gasteiger partial charge >= 0.3 is 5.97 Å². The molecule has 0 unspecified atom stereocenters. The molecule has 2 rings (SSSR count). The number of hydrogen-bond acceptors (Lipinski definition) is 4. The molecular weight excluding hydrogens is 244 g/mol. The number of nitrogens with zero attached hydrogens (tertiary/aromatic N) is 3. The summed E-state index contributed by atoms with van der Waals surface area (Å²) in [5, 5.41) is 16.5. The Bertz CT molecular complexity index is 592. The maximum atomic E-state index is 10.9. The number of fused-ring (bicyclic) bond motifs is 1. The minimum absolute atomic E-state index is 0.0710. The second kappa shape index (κ2) is 5.69. The SMILES string of the molecule is CCCCNc1ccc2nc(C)c(CC(=O)O)n2n1. The van der Waals surface area contributed by atoms with E-state index in [1.54, 1.807) is 11.4 Å². The maximum absolute atomic E-state index is 10.9. The van der Waals surface area contributed by atoms with Crippen LogP contribution in [0.5, 0.6) is 0 Å². The lowest BCUT2D eigenvalue weighted by Crippen LogP contribution is -2.09. The molecule has 0 bridgehead atoms. The minimum Gasteiger partial charge on any atom is -0.481 e. The van der Waals surface area contributed by atoms with Crippen LogP contribution in [0.4, 0.5) is 5.82 Å². The summed E-state index contributed by atoms with van der Waals surface area (Å²) in [6.45, 7) is 4.79. The highest BCUT2D eigenvalue weighted by atomic mass is 16.4. The van der Waals surface area contributed by atoms with Crippen molar-refractivity contribution in [2.45, 2.75) is 33.1 Å². The summed E-state index contributed by atoms with van der Waals surface area (Å²) in [4.78, 5) is 15.2. The molecule has 2 N–H and O–H groups in total. The lowest BCUT2D eigenvalue weighted by molar-refractivity contribution is -0.136. The van der Waals surface area contributed by atoms with Crippen molar-refractivity contribution < 1.29 is 9.90 Å². The smallest absolute Gasteiger partial charge is 0.309 e. The molecule has 6 heteroatoms. The molecule has 0 spiro atoms. The lowest BCUT2D eigenvalue weighted by atomic mass is 10.3. The maximum Gasteiger partial charge on any atom is 0.309 e. The molecule has 0 radical (unpaired) electrons. The Balaban J connectivity index is 2.31.